The van der Waals surface area contributed by atoms with E-state index in [-0.39, 0.29) is 6.42 Å². The van der Waals surface area contributed by atoms with E-state index in [1.54, 1.807) is 62.3 Å². The highest BCUT2D eigenvalue weighted by Gasteiger charge is 2.41. The van der Waals surface area contributed by atoms with Crippen molar-refractivity contribution in [3.63, 3.8) is 0 Å². The minimum Gasteiger partial charge on any atom is -0.458 e. The summed E-state index contributed by atoms with van der Waals surface area (Å²) < 4.78 is 16.3. The predicted molar refractivity (Wildman–Crippen MR) is 118 cm³/mol. The number of rotatable bonds is 9. The molecule has 0 aliphatic heterocycles. The monoisotopic (exact) mass is 443 g/mol. The number of nitrogens with zero attached hydrogens (tertiary/aromatic N) is 1. The second-order valence-electron chi connectivity index (χ2n) is 10.5. The first-order valence-corrected chi connectivity index (χ1v) is 10.9. The zero-order valence-corrected chi connectivity index (χ0v) is 20.7. The predicted octanol–water partition coefficient (Wildman–Crippen LogP) is 5.41. The van der Waals surface area contributed by atoms with E-state index in [4.69, 9.17) is 14.2 Å². The molecule has 0 bridgehead atoms. The van der Waals surface area contributed by atoms with Gasteiger partial charge in [-0.05, 0) is 75.2 Å². The van der Waals surface area contributed by atoms with Gasteiger partial charge >= 0.3 is 18.2 Å². The van der Waals surface area contributed by atoms with Gasteiger partial charge in [0.1, 0.15) is 29.1 Å². The van der Waals surface area contributed by atoms with Crippen LogP contribution in [0.15, 0.2) is 0 Å². The minimum absolute atomic E-state index is 0.203. The number of carbonyl (C=O) groups is 4. The lowest BCUT2D eigenvalue weighted by Gasteiger charge is -2.33. The number of carbonyl (C=O) groups excluding carboxylic acids is 4. The van der Waals surface area contributed by atoms with Gasteiger partial charge in [-0.25, -0.2) is 14.4 Å². The van der Waals surface area contributed by atoms with Crippen molar-refractivity contribution in [1.82, 2.24) is 4.90 Å². The molecule has 0 N–H and O–H groups in total. The standard InChI is InChI=1S/C23H41NO7/c1-21(2,3)29-18(26)17(15-13-11-10-12-14-16-25)24(19(27)30-22(4,5)6)20(28)31-23(7,8)9/h16-17H,10-15H2,1-9H3/t17-/m0/s1. The first kappa shape index (κ1) is 28.9. The van der Waals surface area contributed by atoms with E-state index in [1.165, 1.54) is 0 Å². The zero-order valence-electron chi connectivity index (χ0n) is 20.7. The third kappa shape index (κ3) is 13.7. The van der Waals surface area contributed by atoms with Gasteiger partial charge in [-0.3, -0.25) is 0 Å². The molecule has 0 heterocycles. The molecule has 0 aliphatic rings. The first-order valence-electron chi connectivity index (χ1n) is 10.9. The van der Waals surface area contributed by atoms with Crippen LogP contribution in [0.4, 0.5) is 9.59 Å². The fourth-order valence-electron chi connectivity index (χ4n) is 2.59. The van der Waals surface area contributed by atoms with E-state index in [0.29, 0.717) is 12.8 Å². The maximum absolute atomic E-state index is 13.0. The van der Waals surface area contributed by atoms with Crippen molar-refractivity contribution < 1.29 is 33.4 Å². The maximum atomic E-state index is 13.0. The minimum atomic E-state index is -1.19. The summed E-state index contributed by atoms with van der Waals surface area (Å²) in [4.78, 5) is 50.0. The Labute approximate surface area is 187 Å². The molecular formula is C23H41NO7. The molecule has 8 nitrogen and oxygen atoms in total. The Hall–Kier alpha value is -2.12. The number of aldehydes is 1. The maximum Gasteiger partial charge on any atom is 0.420 e. The smallest absolute Gasteiger partial charge is 0.420 e. The molecule has 0 aromatic rings. The van der Waals surface area contributed by atoms with E-state index in [1.807, 2.05) is 0 Å². The Kier molecular flexibility index (Phi) is 11.2. The fourth-order valence-corrected chi connectivity index (χ4v) is 2.59. The lowest BCUT2D eigenvalue weighted by molar-refractivity contribution is -0.161. The van der Waals surface area contributed by atoms with Crippen LogP contribution in [0.1, 0.15) is 101 Å². The molecule has 180 valence electrons. The van der Waals surface area contributed by atoms with E-state index < -0.39 is 41.0 Å². The summed E-state index contributed by atoms with van der Waals surface area (Å²) in [7, 11) is 0. The summed E-state index contributed by atoms with van der Waals surface area (Å²) in [5.74, 6) is -0.697. The largest absolute Gasteiger partial charge is 0.458 e. The van der Waals surface area contributed by atoms with Gasteiger partial charge in [-0.1, -0.05) is 19.3 Å². The summed E-state index contributed by atoms with van der Waals surface area (Å²) in [6.07, 6.45) is 2.50. The van der Waals surface area contributed by atoms with Crippen molar-refractivity contribution in [2.75, 3.05) is 0 Å². The molecule has 31 heavy (non-hydrogen) atoms. The highest BCUT2D eigenvalue weighted by Crippen LogP contribution is 2.22. The summed E-state index contributed by atoms with van der Waals surface area (Å²) >= 11 is 0. The normalized spacial score (nSPS) is 13.2. The van der Waals surface area contributed by atoms with Crippen molar-refractivity contribution in [1.29, 1.82) is 0 Å². The quantitative estimate of drug-likeness (QED) is 0.203. The number of amides is 2. The second-order valence-corrected chi connectivity index (χ2v) is 10.5. The molecule has 0 saturated heterocycles. The van der Waals surface area contributed by atoms with Gasteiger partial charge in [-0.2, -0.15) is 4.90 Å². The lowest BCUT2D eigenvalue weighted by atomic mass is 10.0. The Morgan fingerprint density at radius 1 is 0.710 bits per heavy atom. The van der Waals surface area contributed by atoms with E-state index in [0.717, 1.165) is 30.4 Å². The molecule has 0 unspecified atom stereocenters. The number of unbranched alkanes of at least 4 members (excludes halogenated alkanes) is 4. The van der Waals surface area contributed by atoms with E-state index in [9.17, 15) is 19.2 Å². The molecule has 0 aromatic carbocycles. The van der Waals surface area contributed by atoms with Gasteiger partial charge in [0.15, 0.2) is 0 Å². The molecule has 1 atom stereocenters. The van der Waals surface area contributed by atoms with E-state index >= 15 is 0 Å². The summed E-state index contributed by atoms with van der Waals surface area (Å²) in [5, 5.41) is 0. The van der Waals surface area contributed by atoms with Crippen molar-refractivity contribution >= 4 is 24.4 Å². The SMILES string of the molecule is CC(C)(C)OC(=O)[C@H](CCCCCCC=O)N(C(=O)OC(C)(C)C)C(=O)OC(C)(C)C. The third-order valence-corrected chi connectivity index (χ3v) is 3.72. The Morgan fingerprint density at radius 2 is 1.13 bits per heavy atom. The van der Waals surface area contributed by atoms with Gasteiger partial charge in [0, 0.05) is 6.42 Å². The van der Waals surface area contributed by atoms with Gasteiger partial charge in [0.05, 0.1) is 0 Å². The van der Waals surface area contributed by atoms with Gasteiger partial charge in [0.25, 0.3) is 0 Å². The van der Waals surface area contributed by atoms with Crippen LogP contribution in [-0.2, 0) is 23.8 Å². The highest BCUT2D eigenvalue weighted by atomic mass is 16.6. The van der Waals surface area contributed by atoms with Crippen LogP contribution < -0.4 is 0 Å². The summed E-state index contributed by atoms with van der Waals surface area (Å²) in [6.45, 7) is 15.2. The first-order chi connectivity index (χ1) is 14.0. The number of hydrogen-bond donors (Lipinski definition) is 0. The number of ether oxygens (including phenoxy) is 3. The summed E-state index contributed by atoms with van der Waals surface area (Å²) in [6, 6.07) is -1.19. The van der Waals surface area contributed by atoms with Gasteiger partial charge in [0.2, 0.25) is 0 Å². The van der Waals surface area contributed by atoms with Crippen molar-refractivity contribution in [3.05, 3.63) is 0 Å². The van der Waals surface area contributed by atoms with Crippen LogP contribution in [0.3, 0.4) is 0 Å². The molecule has 0 aliphatic carbocycles. The Morgan fingerprint density at radius 3 is 1.52 bits per heavy atom. The van der Waals surface area contributed by atoms with Gasteiger partial charge in [-0.15, -0.1) is 0 Å². The number of imide groups is 1. The van der Waals surface area contributed by atoms with E-state index in [2.05, 4.69) is 0 Å². The molecule has 0 saturated carbocycles. The molecule has 0 spiro atoms. The van der Waals surface area contributed by atoms with Crippen molar-refractivity contribution in [2.45, 2.75) is 124 Å². The Balaban J connectivity index is 5.79. The molecule has 2 amide bonds. The Bertz CT molecular complexity index is 581. The van der Waals surface area contributed by atoms with Crippen molar-refractivity contribution in [2.24, 2.45) is 0 Å². The van der Waals surface area contributed by atoms with Crippen LogP contribution in [0.2, 0.25) is 0 Å². The van der Waals surface area contributed by atoms with Crippen LogP contribution in [0.5, 0.6) is 0 Å². The molecule has 0 radical (unpaired) electrons. The van der Waals surface area contributed by atoms with Crippen LogP contribution >= 0.6 is 0 Å². The summed E-state index contributed by atoms with van der Waals surface area (Å²) in [5.41, 5.74) is -2.54. The zero-order chi connectivity index (χ0) is 24.5. The lowest BCUT2D eigenvalue weighted by Crippen LogP contribution is -2.53. The fraction of sp³-hybridized carbons (Fsp3) is 0.826. The average Bonchev–Trinajstić information content (AvgIpc) is 2.51. The van der Waals surface area contributed by atoms with Crippen LogP contribution in [0.25, 0.3) is 0 Å². The molecule has 0 rings (SSSR count). The molecule has 0 aromatic heterocycles. The third-order valence-electron chi connectivity index (χ3n) is 3.72. The second kappa shape index (κ2) is 12.1. The highest BCUT2D eigenvalue weighted by molar-refractivity contribution is 5.94. The molecule has 0 fully saturated rings. The average molecular weight is 444 g/mol. The topological polar surface area (TPSA) is 99.2 Å². The van der Waals surface area contributed by atoms with Crippen LogP contribution in [0, 0.1) is 0 Å². The molecular weight excluding hydrogens is 402 g/mol. The van der Waals surface area contributed by atoms with Crippen molar-refractivity contribution in [3.8, 4) is 0 Å². The van der Waals surface area contributed by atoms with Crippen LogP contribution in [-0.4, -0.2) is 52.2 Å². The van der Waals surface area contributed by atoms with Gasteiger partial charge < -0.3 is 19.0 Å². The molecule has 8 heteroatoms. The number of hydrogen-bond acceptors (Lipinski definition) is 7. The number of esters is 1.